The van der Waals surface area contributed by atoms with E-state index in [1.165, 1.54) is 21.9 Å². The fourth-order valence-corrected chi connectivity index (χ4v) is 4.88. The number of anilines is 1. The largest absolute Gasteiger partial charge is 0.378 e. The third-order valence-electron chi connectivity index (χ3n) is 5.33. The predicted octanol–water partition coefficient (Wildman–Crippen LogP) is 5.43. The molecule has 1 fully saturated rings. The van der Waals surface area contributed by atoms with E-state index in [4.69, 9.17) is 4.74 Å². The maximum absolute atomic E-state index is 12.3. The number of benzene rings is 3. The summed E-state index contributed by atoms with van der Waals surface area (Å²) in [5, 5.41) is 3.51. The van der Waals surface area contributed by atoms with Gasteiger partial charge in [-0.3, -0.25) is 4.79 Å². The highest BCUT2D eigenvalue weighted by molar-refractivity contribution is 7.19. The quantitative estimate of drug-likeness (QED) is 0.460. The van der Waals surface area contributed by atoms with Gasteiger partial charge in [0.05, 0.1) is 18.2 Å². The standard InChI is InChI=1S/C25H21NO2S/c27-23-16-24(29-25(17-23)26-11-13-28-14-12-26)20-8-5-19(6-9-20)22-10-7-18-3-1-2-4-21(18)15-22/h1-10,15-17H,11-14H2. The van der Waals surface area contributed by atoms with Crippen molar-refractivity contribution in [2.45, 2.75) is 0 Å². The Bertz CT molecular complexity index is 1210. The molecule has 144 valence electrons. The van der Waals surface area contributed by atoms with Gasteiger partial charge in [0.1, 0.15) is 0 Å². The highest BCUT2D eigenvalue weighted by Gasteiger charge is 2.14. The molecule has 0 N–H and O–H groups in total. The van der Waals surface area contributed by atoms with Crippen molar-refractivity contribution in [1.29, 1.82) is 0 Å². The van der Waals surface area contributed by atoms with Crippen molar-refractivity contribution in [3.8, 4) is 21.6 Å². The average Bonchev–Trinajstić information content (AvgIpc) is 2.79. The molecule has 0 atom stereocenters. The van der Waals surface area contributed by atoms with E-state index in [9.17, 15) is 4.79 Å². The lowest BCUT2D eigenvalue weighted by Gasteiger charge is -2.28. The summed E-state index contributed by atoms with van der Waals surface area (Å²) in [5.41, 5.74) is 3.51. The van der Waals surface area contributed by atoms with Crippen molar-refractivity contribution in [2.75, 3.05) is 31.2 Å². The molecule has 0 bridgehead atoms. The number of fused-ring (bicyclic) bond motifs is 1. The molecule has 0 aliphatic carbocycles. The summed E-state index contributed by atoms with van der Waals surface area (Å²) >= 11 is 1.67. The topological polar surface area (TPSA) is 29.5 Å². The first-order valence-electron chi connectivity index (χ1n) is 9.84. The van der Waals surface area contributed by atoms with Crippen molar-refractivity contribution in [3.63, 3.8) is 0 Å². The molecule has 1 saturated heterocycles. The molecule has 1 aliphatic rings. The molecule has 0 unspecified atom stereocenters. The Morgan fingerprint density at radius 3 is 2.21 bits per heavy atom. The molecule has 0 spiro atoms. The van der Waals surface area contributed by atoms with Gasteiger partial charge in [-0.05, 0) is 33.5 Å². The van der Waals surface area contributed by atoms with Crippen LogP contribution in [0.1, 0.15) is 0 Å². The van der Waals surface area contributed by atoms with Crippen LogP contribution in [0.15, 0.2) is 83.7 Å². The first-order valence-corrected chi connectivity index (χ1v) is 10.7. The van der Waals surface area contributed by atoms with E-state index < -0.39 is 0 Å². The number of hydrogen-bond donors (Lipinski definition) is 0. The molecule has 4 aromatic rings. The van der Waals surface area contributed by atoms with E-state index >= 15 is 0 Å². The van der Waals surface area contributed by atoms with Gasteiger partial charge in [0, 0.05) is 30.1 Å². The maximum Gasteiger partial charge on any atom is 0.182 e. The molecular weight excluding hydrogens is 378 g/mol. The zero-order valence-corrected chi connectivity index (χ0v) is 16.8. The van der Waals surface area contributed by atoms with Crippen molar-refractivity contribution >= 4 is 27.1 Å². The van der Waals surface area contributed by atoms with Crippen LogP contribution in [-0.2, 0) is 4.74 Å². The van der Waals surface area contributed by atoms with E-state index in [0.29, 0.717) is 13.2 Å². The summed E-state index contributed by atoms with van der Waals surface area (Å²) in [7, 11) is 0. The molecule has 4 heteroatoms. The van der Waals surface area contributed by atoms with Crippen LogP contribution in [0.5, 0.6) is 0 Å². The lowest BCUT2D eigenvalue weighted by Crippen LogP contribution is -2.36. The minimum Gasteiger partial charge on any atom is -0.378 e. The van der Waals surface area contributed by atoms with Crippen molar-refractivity contribution in [3.05, 3.63) is 89.1 Å². The third kappa shape index (κ3) is 3.82. The monoisotopic (exact) mass is 399 g/mol. The smallest absolute Gasteiger partial charge is 0.182 e. The molecule has 2 heterocycles. The number of hydrogen-bond acceptors (Lipinski definition) is 4. The fourth-order valence-electron chi connectivity index (χ4n) is 3.74. The lowest BCUT2D eigenvalue weighted by atomic mass is 10.00. The molecule has 1 aliphatic heterocycles. The Morgan fingerprint density at radius 2 is 1.41 bits per heavy atom. The maximum atomic E-state index is 12.3. The first kappa shape index (κ1) is 18.1. The summed E-state index contributed by atoms with van der Waals surface area (Å²) in [4.78, 5) is 15.5. The van der Waals surface area contributed by atoms with Gasteiger partial charge >= 0.3 is 0 Å². The Balaban J connectivity index is 1.46. The Kier molecular flexibility index (Phi) is 4.88. The summed E-state index contributed by atoms with van der Waals surface area (Å²) in [6.07, 6.45) is 0. The second-order valence-electron chi connectivity index (χ2n) is 7.23. The minimum atomic E-state index is 0.0545. The van der Waals surface area contributed by atoms with Gasteiger partial charge < -0.3 is 9.64 Å². The van der Waals surface area contributed by atoms with Crippen LogP contribution < -0.4 is 10.3 Å². The zero-order valence-electron chi connectivity index (χ0n) is 16.0. The molecule has 0 amide bonds. The minimum absolute atomic E-state index is 0.0545. The van der Waals surface area contributed by atoms with Crippen LogP contribution in [0.4, 0.5) is 5.00 Å². The van der Waals surface area contributed by atoms with Crippen molar-refractivity contribution in [1.82, 2.24) is 0 Å². The number of nitrogens with zero attached hydrogens (tertiary/aromatic N) is 1. The van der Waals surface area contributed by atoms with Crippen LogP contribution in [0.2, 0.25) is 0 Å². The highest BCUT2D eigenvalue weighted by atomic mass is 32.1. The molecule has 5 rings (SSSR count). The Hall–Kier alpha value is -2.95. The van der Waals surface area contributed by atoms with Gasteiger partial charge in [-0.2, -0.15) is 0 Å². The van der Waals surface area contributed by atoms with Gasteiger partial charge in [-0.1, -0.05) is 60.7 Å². The Labute approximate surface area is 173 Å². The second-order valence-corrected chi connectivity index (χ2v) is 8.30. The molecule has 0 radical (unpaired) electrons. The molecule has 0 saturated carbocycles. The van der Waals surface area contributed by atoms with E-state index in [2.05, 4.69) is 71.6 Å². The van der Waals surface area contributed by atoms with Gasteiger partial charge in [-0.15, -0.1) is 11.3 Å². The predicted molar refractivity (Wildman–Crippen MR) is 122 cm³/mol. The van der Waals surface area contributed by atoms with Gasteiger partial charge in [0.15, 0.2) is 5.43 Å². The van der Waals surface area contributed by atoms with Crippen LogP contribution in [-0.4, -0.2) is 26.3 Å². The second kappa shape index (κ2) is 7.82. The number of morpholine rings is 1. The lowest BCUT2D eigenvalue weighted by molar-refractivity contribution is 0.123. The summed E-state index contributed by atoms with van der Waals surface area (Å²) in [6.45, 7) is 3.10. The Morgan fingerprint density at radius 1 is 0.724 bits per heavy atom. The van der Waals surface area contributed by atoms with Gasteiger partial charge in [-0.25, -0.2) is 0 Å². The van der Waals surface area contributed by atoms with Crippen molar-refractivity contribution in [2.24, 2.45) is 0 Å². The van der Waals surface area contributed by atoms with Crippen molar-refractivity contribution < 1.29 is 4.74 Å². The van der Waals surface area contributed by atoms with Crippen LogP contribution in [0.3, 0.4) is 0 Å². The normalized spacial score (nSPS) is 14.3. The fraction of sp³-hybridized carbons (Fsp3) is 0.160. The van der Waals surface area contributed by atoms with E-state index in [1.807, 2.05) is 0 Å². The SMILES string of the molecule is O=c1cc(-c2ccc(-c3ccc4ccccc4c3)cc2)sc(N2CCOCC2)c1. The first-order chi connectivity index (χ1) is 14.3. The molecule has 1 aromatic heterocycles. The highest BCUT2D eigenvalue weighted by Crippen LogP contribution is 2.32. The number of ether oxygens (including phenoxy) is 1. The van der Waals surface area contributed by atoms with Gasteiger partial charge in [0.25, 0.3) is 0 Å². The van der Waals surface area contributed by atoms with Crippen LogP contribution in [0, 0.1) is 0 Å². The summed E-state index contributed by atoms with van der Waals surface area (Å²) in [6, 6.07) is 26.9. The molecule has 3 nitrogen and oxygen atoms in total. The van der Waals surface area contributed by atoms with E-state index in [1.54, 1.807) is 23.5 Å². The summed E-state index contributed by atoms with van der Waals surface area (Å²) in [5.74, 6) is 0. The zero-order chi connectivity index (χ0) is 19.6. The number of rotatable bonds is 3. The molecule has 29 heavy (non-hydrogen) atoms. The van der Waals surface area contributed by atoms with Crippen LogP contribution in [0.25, 0.3) is 32.3 Å². The summed E-state index contributed by atoms with van der Waals surface area (Å²) < 4.78 is 5.43. The van der Waals surface area contributed by atoms with E-state index in [-0.39, 0.29) is 5.43 Å². The van der Waals surface area contributed by atoms with Crippen LogP contribution >= 0.6 is 11.3 Å². The molecular formula is C25H21NO2S. The third-order valence-corrected chi connectivity index (χ3v) is 6.49. The molecule has 3 aromatic carbocycles. The van der Waals surface area contributed by atoms with E-state index in [0.717, 1.165) is 28.5 Å². The average molecular weight is 400 g/mol. The van der Waals surface area contributed by atoms with Gasteiger partial charge in [0.2, 0.25) is 0 Å².